The Hall–Kier alpha value is -3.29. The SMILES string of the molecule is c1ccc(-c2noc(C3CCC(Nc4ncnc5[nH]ncc45)C3)n2)cc1. The van der Waals surface area contributed by atoms with E-state index in [4.69, 9.17) is 4.52 Å². The minimum atomic E-state index is 0.263. The van der Waals surface area contributed by atoms with E-state index in [9.17, 15) is 0 Å². The molecule has 0 aliphatic heterocycles. The largest absolute Gasteiger partial charge is 0.367 e. The van der Waals surface area contributed by atoms with Crippen LogP contribution in [0.3, 0.4) is 0 Å². The fraction of sp³-hybridized carbons (Fsp3) is 0.278. The van der Waals surface area contributed by atoms with Crippen LogP contribution in [0.25, 0.3) is 22.4 Å². The van der Waals surface area contributed by atoms with Gasteiger partial charge in [-0.3, -0.25) is 5.10 Å². The molecule has 8 nitrogen and oxygen atoms in total. The quantitative estimate of drug-likeness (QED) is 0.584. The summed E-state index contributed by atoms with van der Waals surface area (Å²) in [5, 5.41) is 15.4. The number of H-pyrrole nitrogens is 1. The van der Waals surface area contributed by atoms with Gasteiger partial charge in [0.25, 0.3) is 0 Å². The van der Waals surface area contributed by atoms with Crippen LogP contribution in [-0.4, -0.2) is 36.3 Å². The lowest BCUT2D eigenvalue weighted by molar-refractivity contribution is 0.354. The van der Waals surface area contributed by atoms with Crippen molar-refractivity contribution in [2.24, 2.45) is 0 Å². The highest BCUT2D eigenvalue weighted by Gasteiger charge is 2.30. The van der Waals surface area contributed by atoms with Crippen molar-refractivity contribution in [1.29, 1.82) is 0 Å². The molecule has 26 heavy (non-hydrogen) atoms. The summed E-state index contributed by atoms with van der Waals surface area (Å²) >= 11 is 0. The van der Waals surface area contributed by atoms with Crippen LogP contribution in [0.4, 0.5) is 5.82 Å². The summed E-state index contributed by atoms with van der Waals surface area (Å²) in [5.74, 6) is 2.43. The molecular weight excluding hydrogens is 330 g/mol. The Morgan fingerprint density at radius 3 is 2.96 bits per heavy atom. The van der Waals surface area contributed by atoms with E-state index in [0.717, 1.165) is 41.7 Å². The van der Waals surface area contributed by atoms with Crippen molar-refractivity contribution in [3.63, 3.8) is 0 Å². The number of rotatable bonds is 4. The van der Waals surface area contributed by atoms with Gasteiger partial charge < -0.3 is 9.84 Å². The van der Waals surface area contributed by atoms with Crippen molar-refractivity contribution in [3.05, 3.63) is 48.7 Å². The molecule has 1 fully saturated rings. The number of aromatic amines is 1. The molecule has 0 spiro atoms. The first-order valence-electron chi connectivity index (χ1n) is 8.66. The second kappa shape index (κ2) is 6.21. The van der Waals surface area contributed by atoms with Crippen LogP contribution in [-0.2, 0) is 0 Å². The van der Waals surface area contributed by atoms with Crippen LogP contribution in [0.15, 0.2) is 47.4 Å². The lowest BCUT2D eigenvalue weighted by atomic mass is 10.1. The van der Waals surface area contributed by atoms with Gasteiger partial charge in [-0.15, -0.1) is 0 Å². The number of fused-ring (bicyclic) bond motifs is 1. The van der Waals surface area contributed by atoms with Gasteiger partial charge in [-0.1, -0.05) is 35.5 Å². The molecule has 1 saturated carbocycles. The molecule has 0 amide bonds. The molecule has 1 aliphatic carbocycles. The van der Waals surface area contributed by atoms with E-state index in [-0.39, 0.29) is 5.92 Å². The molecule has 2 unspecified atom stereocenters. The highest BCUT2D eigenvalue weighted by atomic mass is 16.5. The van der Waals surface area contributed by atoms with Crippen molar-refractivity contribution >= 4 is 16.9 Å². The van der Waals surface area contributed by atoms with Crippen LogP contribution in [0.1, 0.15) is 31.1 Å². The number of nitrogens with one attached hydrogen (secondary N) is 2. The Morgan fingerprint density at radius 2 is 2.04 bits per heavy atom. The average molecular weight is 347 g/mol. The topological polar surface area (TPSA) is 105 Å². The van der Waals surface area contributed by atoms with Crippen LogP contribution in [0.5, 0.6) is 0 Å². The molecule has 2 atom stereocenters. The standard InChI is InChI=1S/C18H17N7O/c1-2-4-11(5-3-1)15-23-18(26-25-15)12-6-7-13(8-12)22-16-14-9-21-24-17(14)20-10-19-16/h1-5,9-10,12-13H,6-8H2,(H2,19,20,21,22,24). The molecule has 3 heterocycles. The zero-order valence-corrected chi connectivity index (χ0v) is 14.0. The van der Waals surface area contributed by atoms with Gasteiger partial charge in [-0.25, -0.2) is 9.97 Å². The van der Waals surface area contributed by atoms with Crippen molar-refractivity contribution in [2.45, 2.75) is 31.2 Å². The number of anilines is 1. The third kappa shape index (κ3) is 2.69. The second-order valence-electron chi connectivity index (χ2n) is 6.53. The van der Waals surface area contributed by atoms with E-state index < -0.39 is 0 Å². The van der Waals surface area contributed by atoms with Crippen molar-refractivity contribution in [3.8, 4) is 11.4 Å². The summed E-state index contributed by atoms with van der Waals surface area (Å²) in [5.41, 5.74) is 1.71. The number of hydrogen-bond acceptors (Lipinski definition) is 7. The third-order valence-electron chi connectivity index (χ3n) is 4.84. The Bertz CT molecular complexity index is 1030. The van der Waals surface area contributed by atoms with Gasteiger partial charge in [0.2, 0.25) is 11.7 Å². The van der Waals surface area contributed by atoms with Crippen molar-refractivity contribution in [1.82, 2.24) is 30.3 Å². The normalized spacial score (nSPS) is 19.8. The molecule has 0 saturated heterocycles. The average Bonchev–Trinajstić information content (AvgIpc) is 3.43. The van der Waals surface area contributed by atoms with E-state index in [1.54, 1.807) is 12.5 Å². The van der Waals surface area contributed by atoms with E-state index in [2.05, 4.69) is 35.6 Å². The third-order valence-corrected chi connectivity index (χ3v) is 4.84. The van der Waals surface area contributed by atoms with Gasteiger partial charge in [0.15, 0.2) is 5.65 Å². The summed E-state index contributed by atoms with van der Waals surface area (Å²) < 4.78 is 5.53. The molecule has 1 aliphatic rings. The zero-order valence-electron chi connectivity index (χ0n) is 14.0. The predicted octanol–water partition coefficient (Wildman–Crippen LogP) is 3.15. The van der Waals surface area contributed by atoms with Gasteiger partial charge in [-0.05, 0) is 19.3 Å². The molecule has 8 heteroatoms. The van der Waals surface area contributed by atoms with Gasteiger partial charge in [0.1, 0.15) is 12.1 Å². The molecular formula is C18H17N7O. The van der Waals surface area contributed by atoms with Crippen LogP contribution < -0.4 is 5.32 Å². The van der Waals surface area contributed by atoms with E-state index in [1.165, 1.54) is 0 Å². The fourth-order valence-corrected chi connectivity index (χ4v) is 3.52. The summed E-state index contributed by atoms with van der Waals surface area (Å²) in [6, 6.07) is 10.2. The summed E-state index contributed by atoms with van der Waals surface area (Å²) in [6.07, 6.45) is 6.25. The summed E-state index contributed by atoms with van der Waals surface area (Å²) in [4.78, 5) is 13.1. The van der Waals surface area contributed by atoms with Gasteiger partial charge in [-0.2, -0.15) is 10.1 Å². The van der Waals surface area contributed by atoms with Crippen LogP contribution >= 0.6 is 0 Å². The van der Waals surface area contributed by atoms with Crippen LogP contribution in [0.2, 0.25) is 0 Å². The van der Waals surface area contributed by atoms with Crippen molar-refractivity contribution in [2.75, 3.05) is 5.32 Å². The van der Waals surface area contributed by atoms with Crippen LogP contribution in [0, 0.1) is 0 Å². The molecule has 0 radical (unpaired) electrons. The number of nitrogens with zero attached hydrogens (tertiary/aromatic N) is 5. The summed E-state index contributed by atoms with van der Waals surface area (Å²) in [6.45, 7) is 0. The molecule has 130 valence electrons. The Balaban J connectivity index is 1.30. The van der Waals surface area contributed by atoms with E-state index >= 15 is 0 Å². The number of hydrogen-bond donors (Lipinski definition) is 2. The maximum absolute atomic E-state index is 5.53. The molecule has 0 bridgehead atoms. The number of benzene rings is 1. The first-order chi connectivity index (χ1) is 12.9. The second-order valence-corrected chi connectivity index (χ2v) is 6.53. The Labute approximate surface area is 149 Å². The van der Waals surface area contributed by atoms with E-state index in [1.807, 2.05) is 30.3 Å². The molecule has 1 aromatic carbocycles. The lowest BCUT2D eigenvalue weighted by Gasteiger charge is -2.13. The molecule has 3 aromatic heterocycles. The molecule has 2 N–H and O–H groups in total. The highest BCUT2D eigenvalue weighted by molar-refractivity contribution is 5.85. The van der Waals surface area contributed by atoms with E-state index in [0.29, 0.717) is 17.8 Å². The smallest absolute Gasteiger partial charge is 0.230 e. The van der Waals surface area contributed by atoms with Gasteiger partial charge in [0.05, 0.1) is 11.6 Å². The summed E-state index contributed by atoms with van der Waals surface area (Å²) in [7, 11) is 0. The Kier molecular flexibility index (Phi) is 3.59. The number of aromatic nitrogens is 6. The molecule has 4 aromatic rings. The maximum Gasteiger partial charge on any atom is 0.230 e. The first-order valence-corrected chi connectivity index (χ1v) is 8.66. The molecule has 5 rings (SSSR count). The first kappa shape index (κ1) is 15.0. The minimum absolute atomic E-state index is 0.263. The highest BCUT2D eigenvalue weighted by Crippen LogP contribution is 2.36. The van der Waals surface area contributed by atoms with Gasteiger partial charge in [0, 0.05) is 17.5 Å². The lowest BCUT2D eigenvalue weighted by Crippen LogP contribution is -2.16. The monoisotopic (exact) mass is 347 g/mol. The fourth-order valence-electron chi connectivity index (χ4n) is 3.52. The minimum Gasteiger partial charge on any atom is -0.367 e. The van der Waals surface area contributed by atoms with Crippen molar-refractivity contribution < 1.29 is 4.52 Å². The maximum atomic E-state index is 5.53. The zero-order chi connectivity index (χ0) is 17.3. The predicted molar refractivity (Wildman–Crippen MR) is 95.4 cm³/mol. The Morgan fingerprint density at radius 1 is 1.12 bits per heavy atom. The van der Waals surface area contributed by atoms with Gasteiger partial charge >= 0.3 is 0 Å².